The summed E-state index contributed by atoms with van der Waals surface area (Å²) in [4.78, 5) is 12.1. The van der Waals surface area contributed by atoms with Crippen molar-refractivity contribution in [3.05, 3.63) is 18.0 Å². The van der Waals surface area contributed by atoms with Gasteiger partial charge in [0.1, 0.15) is 0 Å². The number of amides is 1. The topological polar surface area (TPSA) is 98.2 Å². The minimum absolute atomic E-state index is 0.0433. The lowest BCUT2D eigenvalue weighted by atomic mass is 9.52. The first-order valence-corrected chi connectivity index (χ1v) is 8.56. The Balaban J connectivity index is 0.000000354. The largest absolute Gasteiger partial charge is 0.394 e. The molecule has 1 aromatic rings. The van der Waals surface area contributed by atoms with Crippen LogP contribution in [0.2, 0.25) is 0 Å². The molecule has 0 aliphatic heterocycles. The van der Waals surface area contributed by atoms with Gasteiger partial charge in [-0.25, -0.2) is 0 Å². The van der Waals surface area contributed by atoms with Gasteiger partial charge in [0, 0.05) is 18.3 Å². The van der Waals surface area contributed by atoms with E-state index in [9.17, 15) is 9.90 Å². The number of rotatable bonds is 2. The second-order valence-electron chi connectivity index (χ2n) is 7.77. The van der Waals surface area contributed by atoms with Crippen LogP contribution in [0.5, 0.6) is 0 Å². The van der Waals surface area contributed by atoms with E-state index in [4.69, 9.17) is 5.11 Å². The molecular formula is C17H27N3O3. The van der Waals surface area contributed by atoms with E-state index in [-0.39, 0.29) is 18.1 Å². The standard InChI is InChI=1S/C14H19N3O2.C3H8O/c18-13(11-6-15-16-7-11)17-12-9-1-8-2-10(12)5-14(19,3-8)4-9;1-3(2)4/h6-10,12,19H,1-5H2,(H,15,16)(H,17,18);3-4H,1-2H3. The number of aliphatic hydroxyl groups excluding tert-OH is 1. The first-order chi connectivity index (χ1) is 10.9. The molecule has 23 heavy (non-hydrogen) atoms. The summed E-state index contributed by atoms with van der Waals surface area (Å²) < 4.78 is 0. The predicted molar refractivity (Wildman–Crippen MR) is 85.7 cm³/mol. The second-order valence-corrected chi connectivity index (χ2v) is 7.77. The highest BCUT2D eigenvalue weighted by Crippen LogP contribution is 2.55. The van der Waals surface area contributed by atoms with Crippen LogP contribution in [-0.2, 0) is 0 Å². The summed E-state index contributed by atoms with van der Waals surface area (Å²) >= 11 is 0. The van der Waals surface area contributed by atoms with Gasteiger partial charge in [-0.05, 0) is 63.7 Å². The quantitative estimate of drug-likeness (QED) is 0.663. The zero-order valence-corrected chi connectivity index (χ0v) is 13.8. The fourth-order valence-corrected chi connectivity index (χ4v) is 4.83. The molecule has 4 N–H and O–H groups in total. The number of hydrogen-bond acceptors (Lipinski definition) is 4. The first kappa shape index (κ1) is 16.5. The summed E-state index contributed by atoms with van der Waals surface area (Å²) in [6.07, 6.45) is 8.03. The average Bonchev–Trinajstić information content (AvgIpc) is 2.94. The molecular weight excluding hydrogens is 294 g/mol. The molecule has 1 amide bonds. The summed E-state index contributed by atoms with van der Waals surface area (Å²) in [7, 11) is 0. The number of hydrogen-bond donors (Lipinski definition) is 4. The van der Waals surface area contributed by atoms with Crippen LogP contribution >= 0.6 is 0 Å². The Kier molecular flexibility index (Phi) is 4.47. The molecule has 0 saturated heterocycles. The molecule has 2 atom stereocenters. The molecule has 0 aromatic carbocycles. The Hall–Kier alpha value is -1.40. The van der Waals surface area contributed by atoms with Crippen LogP contribution in [0.1, 0.15) is 56.3 Å². The SMILES string of the molecule is CC(C)O.O=C(NC1C2CC3CC1CC(O)(C3)C2)c1cn[nH]c1. The number of nitrogens with one attached hydrogen (secondary N) is 2. The van der Waals surface area contributed by atoms with Gasteiger partial charge in [0.05, 0.1) is 17.4 Å². The molecule has 0 spiro atoms. The lowest BCUT2D eigenvalue weighted by molar-refractivity contribution is -0.136. The van der Waals surface area contributed by atoms with Crippen molar-refractivity contribution >= 4 is 5.91 Å². The Morgan fingerprint density at radius 1 is 1.35 bits per heavy atom. The van der Waals surface area contributed by atoms with Crippen molar-refractivity contribution in [1.82, 2.24) is 15.5 Å². The molecule has 1 heterocycles. The lowest BCUT2D eigenvalue weighted by Crippen LogP contribution is -2.61. The normalized spacial score (nSPS) is 37.4. The zero-order chi connectivity index (χ0) is 16.6. The van der Waals surface area contributed by atoms with Gasteiger partial charge in [-0.2, -0.15) is 5.10 Å². The van der Waals surface area contributed by atoms with Crippen molar-refractivity contribution in [2.45, 2.75) is 63.7 Å². The summed E-state index contributed by atoms with van der Waals surface area (Å²) in [6, 6.07) is 0.235. The van der Waals surface area contributed by atoms with E-state index in [1.807, 2.05) is 0 Å². The fourth-order valence-electron chi connectivity index (χ4n) is 4.83. The van der Waals surface area contributed by atoms with Crippen molar-refractivity contribution < 1.29 is 15.0 Å². The third kappa shape index (κ3) is 3.58. The van der Waals surface area contributed by atoms with Gasteiger partial charge in [0.15, 0.2) is 0 Å². The van der Waals surface area contributed by atoms with Crippen LogP contribution < -0.4 is 5.32 Å². The fraction of sp³-hybridized carbons (Fsp3) is 0.765. The van der Waals surface area contributed by atoms with Gasteiger partial charge in [-0.15, -0.1) is 0 Å². The third-order valence-electron chi connectivity index (χ3n) is 5.30. The number of aromatic nitrogens is 2. The van der Waals surface area contributed by atoms with E-state index < -0.39 is 5.60 Å². The van der Waals surface area contributed by atoms with Crippen molar-refractivity contribution in [3.63, 3.8) is 0 Å². The maximum atomic E-state index is 12.1. The molecule has 4 fully saturated rings. The number of carbonyl (C=O) groups excluding carboxylic acids is 1. The first-order valence-electron chi connectivity index (χ1n) is 8.56. The number of nitrogens with zero attached hydrogens (tertiary/aromatic N) is 1. The molecule has 128 valence electrons. The van der Waals surface area contributed by atoms with E-state index in [0.29, 0.717) is 23.3 Å². The molecule has 4 aliphatic carbocycles. The van der Waals surface area contributed by atoms with Crippen LogP contribution in [0.4, 0.5) is 0 Å². The van der Waals surface area contributed by atoms with Gasteiger partial charge in [-0.3, -0.25) is 9.89 Å². The Labute approximate surface area is 136 Å². The summed E-state index contributed by atoms with van der Waals surface area (Å²) in [6.45, 7) is 3.44. The smallest absolute Gasteiger partial charge is 0.254 e. The lowest BCUT2D eigenvalue weighted by Gasteiger charge is -2.58. The molecule has 0 radical (unpaired) electrons. The summed E-state index contributed by atoms with van der Waals surface area (Å²) in [5, 5.41) is 28.2. The van der Waals surface area contributed by atoms with Gasteiger partial charge in [-0.1, -0.05) is 0 Å². The third-order valence-corrected chi connectivity index (χ3v) is 5.30. The zero-order valence-electron chi connectivity index (χ0n) is 13.8. The van der Waals surface area contributed by atoms with E-state index in [1.165, 1.54) is 0 Å². The Bertz CT molecular complexity index is 525. The number of aliphatic hydroxyl groups is 2. The molecule has 6 heteroatoms. The highest BCUT2D eigenvalue weighted by Gasteiger charge is 2.55. The van der Waals surface area contributed by atoms with Crippen molar-refractivity contribution in [2.24, 2.45) is 17.8 Å². The van der Waals surface area contributed by atoms with Gasteiger partial charge in [0.2, 0.25) is 0 Å². The van der Waals surface area contributed by atoms with Gasteiger partial charge in [0.25, 0.3) is 5.91 Å². The minimum Gasteiger partial charge on any atom is -0.394 e. The number of aromatic amines is 1. The van der Waals surface area contributed by atoms with Crippen LogP contribution in [0.25, 0.3) is 0 Å². The van der Waals surface area contributed by atoms with E-state index in [1.54, 1.807) is 26.2 Å². The van der Waals surface area contributed by atoms with E-state index in [0.717, 1.165) is 32.1 Å². The van der Waals surface area contributed by atoms with Crippen LogP contribution in [0.15, 0.2) is 12.4 Å². The summed E-state index contributed by atoms with van der Waals surface area (Å²) in [5.74, 6) is 1.53. The van der Waals surface area contributed by atoms with Crippen molar-refractivity contribution in [2.75, 3.05) is 0 Å². The molecule has 6 nitrogen and oxygen atoms in total. The molecule has 4 bridgehead atoms. The average molecular weight is 321 g/mol. The Morgan fingerprint density at radius 2 is 1.96 bits per heavy atom. The monoisotopic (exact) mass is 321 g/mol. The van der Waals surface area contributed by atoms with Crippen molar-refractivity contribution in [3.8, 4) is 0 Å². The molecule has 5 rings (SSSR count). The van der Waals surface area contributed by atoms with Crippen LogP contribution in [-0.4, -0.2) is 44.1 Å². The second kappa shape index (κ2) is 6.24. The van der Waals surface area contributed by atoms with Crippen molar-refractivity contribution in [1.29, 1.82) is 0 Å². The van der Waals surface area contributed by atoms with Gasteiger partial charge >= 0.3 is 0 Å². The molecule has 4 saturated carbocycles. The molecule has 4 aliphatic rings. The van der Waals surface area contributed by atoms with E-state index >= 15 is 0 Å². The maximum Gasteiger partial charge on any atom is 0.254 e. The highest BCUT2D eigenvalue weighted by atomic mass is 16.3. The van der Waals surface area contributed by atoms with Crippen LogP contribution in [0, 0.1) is 17.8 Å². The highest BCUT2D eigenvalue weighted by molar-refractivity contribution is 5.93. The number of carbonyl (C=O) groups is 1. The van der Waals surface area contributed by atoms with Gasteiger partial charge < -0.3 is 15.5 Å². The van der Waals surface area contributed by atoms with E-state index in [2.05, 4.69) is 15.5 Å². The van der Waals surface area contributed by atoms with Crippen LogP contribution in [0.3, 0.4) is 0 Å². The Morgan fingerprint density at radius 3 is 2.43 bits per heavy atom. The summed E-state index contributed by atoms with van der Waals surface area (Å²) in [5.41, 5.74) is 0.153. The molecule has 2 unspecified atom stereocenters. The predicted octanol–water partition coefficient (Wildman–Crippen LogP) is 1.47. The maximum absolute atomic E-state index is 12.1. The minimum atomic E-state index is -0.437. The molecule has 1 aromatic heterocycles. The number of H-pyrrole nitrogens is 1.